The molecule has 0 amide bonds. The molecule has 1 aliphatic rings. The molecule has 0 spiro atoms. The normalized spacial score (nSPS) is 19.1. The fourth-order valence-corrected chi connectivity index (χ4v) is 1.95. The van der Waals surface area contributed by atoms with Crippen LogP contribution in [0.15, 0.2) is 12.3 Å². The fourth-order valence-electron chi connectivity index (χ4n) is 1.95. The molecule has 1 saturated carbocycles. The van der Waals surface area contributed by atoms with Gasteiger partial charge < -0.3 is 5.73 Å². The van der Waals surface area contributed by atoms with Gasteiger partial charge >= 0.3 is 0 Å². The number of hydrogen-bond acceptors (Lipinski definition) is 2. The largest absolute Gasteiger partial charge is 0.330 e. The molecule has 0 unspecified atom stereocenters. The van der Waals surface area contributed by atoms with E-state index in [2.05, 4.69) is 4.98 Å². The number of pyridine rings is 1. The van der Waals surface area contributed by atoms with Crippen molar-refractivity contribution in [2.45, 2.75) is 24.7 Å². The van der Waals surface area contributed by atoms with E-state index in [0.29, 0.717) is 12.2 Å². The first kappa shape index (κ1) is 9.52. The molecule has 1 aromatic rings. The molecule has 1 fully saturated rings. The van der Waals surface area contributed by atoms with Crippen LogP contribution in [0.1, 0.15) is 25.0 Å². The smallest absolute Gasteiger partial charge is 0.148 e. The summed E-state index contributed by atoms with van der Waals surface area (Å²) in [5.74, 6) is -1.21. The highest BCUT2D eigenvalue weighted by Crippen LogP contribution is 2.42. The van der Waals surface area contributed by atoms with Crippen LogP contribution in [-0.2, 0) is 5.41 Å². The Morgan fingerprint density at radius 1 is 1.43 bits per heavy atom. The second-order valence-corrected chi connectivity index (χ2v) is 3.82. The first-order valence-electron chi connectivity index (χ1n) is 4.69. The minimum atomic E-state index is -0.641. The van der Waals surface area contributed by atoms with Crippen molar-refractivity contribution < 1.29 is 8.78 Å². The summed E-state index contributed by atoms with van der Waals surface area (Å²) in [5.41, 5.74) is 5.60. The van der Waals surface area contributed by atoms with Gasteiger partial charge in [0.15, 0.2) is 0 Å². The van der Waals surface area contributed by atoms with Gasteiger partial charge in [-0.05, 0) is 12.8 Å². The lowest BCUT2D eigenvalue weighted by Gasteiger charge is -2.40. The maximum atomic E-state index is 13.4. The Labute approximate surface area is 81.1 Å². The Bertz CT molecular complexity index is 342. The lowest BCUT2D eigenvalue weighted by molar-refractivity contribution is 0.236. The van der Waals surface area contributed by atoms with E-state index in [-0.39, 0.29) is 5.41 Å². The summed E-state index contributed by atoms with van der Waals surface area (Å²) < 4.78 is 26.0. The van der Waals surface area contributed by atoms with E-state index < -0.39 is 11.6 Å². The zero-order valence-corrected chi connectivity index (χ0v) is 7.76. The third kappa shape index (κ3) is 1.30. The van der Waals surface area contributed by atoms with Crippen LogP contribution in [0, 0.1) is 11.6 Å². The lowest BCUT2D eigenvalue weighted by atomic mass is 9.66. The van der Waals surface area contributed by atoms with Gasteiger partial charge in [-0.1, -0.05) is 6.42 Å². The van der Waals surface area contributed by atoms with Crippen LogP contribution in [0.3, 0.4) is 0 Å². The van der Waals surface area contributed by atoms with Gasteiger partial charge in [0.25, 0.3) is 0 Å². The highest BCUT2D eigenvalue weighted by atomic mass is 19.1. The molecule has 4 heteroatoms. The third-order valence-corrected chi connectivity index (χ3v) is 3.01. The summed E-state index contributed by atoms with van der Waals surface area (Å²) in [7, 11) is 0. The number of nitrogens with two attached hydrogens (primary N) is 1. The number of rotatable bonds is 2. The summed E-state index contributed by atoms with van der Waals surface area (Å²) >= 11 is 0. The molecule has 0 aliphatic heterocycles. The third-order valence-electron chi connectivity index (χ3n) is 3.01. The highest BCUT2D eigenvalue weighted by Gasteiger charge is 2.40. The van der Waals surface area contributed by atoms with Crippen LogP contribution < -0.4 is 5.73 Å². The van der Waals surface area contributed by atoms with E-state index in [1.54, 1.807) is 0 Å². The predicted molar refractivity (Wildman–Crippen MR) is 48.7 cm³/mol. The van der Waals surface area contributed by atoms with Crippen molar-refractivity contribution in [2.24, 2.45) is 5.73 Å². The van der Waals surface area contributed by atoms with E-state index in [4.69, 9.17) is 5.73 Å². The quantitative estimate of drug-likeness (QED) is 0.786. The first-order chi connectivity index (χ1) is 6.68. The van der Waals surface area contributed by atoms with Crippen LogP contribution >= 0.6 is 0 Å². The summed E-state index contributed by atoms with van der Waals surface area (Å²) in [6, 6.07) is 0.873. The zero-order chi connectivity index (χ0) is 10.2. The Balaban J connectivity index is 2.40. The van der Waals surface area contributed by atoms with Crippen LogP contribution in [0.25, 0.3) is 0 Å². The first-order valence-corrected chi connectivity index (χ1v) is 4.69. The van der Waals surface area contributed by atoms with Gasteiger partial charge in [0.05, 0.1) is 11.9 Å². The van der Waals surface area contributed by atoms with Gasteiger partial charge in [-0.25, -0.2) is 8.78 Å². The van der Waals surface area contributed by atoms with Crippen molar-refractivity contribution in [3.63, 3.8) is 0 Å². The molecular weight excluding hydrogens is 186 g/mol. The monoisotopic (exact) mass is 198 g/mol. The standard InChI is InChI=1S/C10H12F2N2/c11-7-4-8(12)9(14-5-7)10(6-13)2-1-3-10/h4-5H,1-3,6,13H2. The SMILES string of the molecule is NCC1(c2ncc(F)cc2F)CCC1. The molecule has 0 aromatic carbocycles. The van der Waals surface area contributed by atoms with Crippen LogP contribution in [-0.4, -0.2) is 11.5 Å². The topological polar surface area (TPSA) is 38.9 Å². The number of aromatic nitrogens is 1. The molecule has 14 heavy (non-hydrogen) atoms. The number of hydrogen-bond donors (Lipinski definition) is 1. The van der Waals surface area contributed by atoms with E-state index >= 15 is 0 Å². The summed E-state index contributed by atoms with van der Waals surface area (Å²) in [5, 5.41) is 0. The highest BCUT2D eigenvalue weighted by molar-refractivity contribution is 5.23. The van der Waals surface area contributed by atoms with Gasteiger partial charge in [0, 0.05) is 18.0 Å². The average molecular weight is 198 g/mol. The van der Waals surface area contributed by atoms with Crippen molar-refractivity contribution in [1.29, 1.82) is 0 Å². The molecule has 1 heterocycles. The van der Waals surface area contributed by atoms with Crippen molar-refractivity contribution in [1.82, 2.24) is 4.98 Å². The maximum absolute atomic E-state index is 13.4. The van der Waals surface area contributed by atoms with Crippen molar-refractivity contribution in [3.05, 3.63) is 29.6 Å². The number of nitrogens with zero attached hydrogens (tertiary/aromatic N) is 1. The Morgan fingerprint density at radius 3 is 2.57 bits per heavy atom. The van der Waals surface area contributed by atoms with Crippen LogP contribution in [0.5, 0.6) is 0 Å². The van der Waals surface area contributed by atoms with Gasteiger partial charge in [0.2, 0.25) is 0 Å². The Hall–Kier alpha value is -1.03. The van der Waals surface area contributed by atoms with Crippen molar-refractivity contribution in [2.75, 3.05) is 6.54 Å². The molecule has 2 nitrogen and oxygen atoms in total. The molecule has 76 valence electrons. The van der Waals surface area contributed by atoms with Gasteiger partial charge in [-0.2, -0.15) is 0 Å². The molecule has 2 rings (SSSR count). The predicted octanol–water partition coefficient (Wildman–Crippen LogP) is 1.74. The van der Waals surface area contributed by atoms with E-state index in [1.165, 1.54) is 0 Å². The second kappa shape index (κ2) is 3.28. The Kier molecular flexibility index (Phi) is 2.23. The molecule has 1 aromatic heterocycles. The lowest BCUT2D eigenvalue weighted by Crippen LogP contribution is -2.43. The van der Waals surface area contributed by atoms with Gasteiger partial charge in [-0.3, -0.25) is 4.98 Å². The molecular formula is C10H12F2N2. The van der Waals surface area contributed by atoms with Crippen LogP contribution in [0.4, 0.5) is 8.78 Å². The van der Waals surface area contributed by atoms with Crippen molar-refractivity contribution >= 4 is 0 Å². The molecule has 0 bridgehead atoms. The molecule has 2 N–H and O–H groups in total. The molecule has 0 atom stereocenters. The fraction of sp³-hybridized carbons (Fsp3) is 0.500. The molecule has 0 saturated heterocycles. The minimum Gasteiger partial charge on any atom is -0.330 e. The minimum absolute atomic E-state index is 0.327. The summed E-state index contributed by atoms with van der Waals surface area (Å²) in [6.45, 7) is 0.378. The molecule has 0 radical (unpaired) electrons. The van der Waals surface area contributed by atoms with E-state index in [0.717, 1.165) is 31.5 Å². The van der Waals surface area contributed by atoms with E-state index in [1.807, 2.05) is 0 Å². The second-order valence-electron chi connectivity index (χ2n) is 3.82. The van der Waals surface area contributed by atoms with Crippen molar-refractivity contribution in [3.8, 4) is 0 Å². The summed E-state index contributed by atoms with van der Waals surface area (Å²) in [4.78, 5) is 3.81. The number of halogens is 2. The van der Waals surface area contributed by atoms with E-state index in [9.17, 15) is 8.78 Å². The van der Waals surface area contributed by atoms with Gasteiger partial charge in [-0.15, -0.1) is 0 Å². The van der Waals surface area contributed by atoms with Gasteiger partial charge in [0.1, 0.15) is 11.6 Å². The molecule has 1 aliphatic carbocycles. The maximum Gasteiger partial charge on any atom is 0.148 e. The zero-order valence-electron chi connectivity index (χ0n) is 7.76. The summed E-state index contributed by atoms with van der Waals surface area (Å²) in [6.07, 6.45) is 3.78. The Morgan fingerprint density at radius 2 is 2.14 bits per heavy atom. The average Bonchev–Trinajstić information content (AvgIpc) is 2.07. The van der Waals surface area contributed by atoms with Crippen LogP contribution in [0.2, 0.25) is 0 Å².